The standard InChI is InChI=1S/C17H17NO5.C3H8.C2H6/c1-3-23-17(21)12-9-18-5-4-10-6-15(20)16(22-2)7-11(10)13(18)8-14(12)19;1-3-2;1-2/h6-9,20H,3-5H2,1-2H3;3H2,1-2H3;1-2H3. The lowest BCUT2D eigenvalue weighted by atomic mass is 9.96. The van der Waals surface area contributed by atoms with Crippen molar-refractivity contribution in [3.8, 4) is 22.8 Å². The molecule has 1 aromatic carbocycles. The van der Waals surface area contributed by atoms with E-state index in [-0.39, 0.29) is 23.3 Å². The first-order valence-electron chi connectivity index (χ1n) is 9.78. The minimum Gasteiger partial charge on any atom is -0.504 e. The Morgan fingerprint density at radius 1 is 1.18 bits per heavy atom. The molecule has 2 heterocycles. The molecule has 0 saturated heterocycles. The lowest BCUT2D eigenvalue weighted by Gasteiger charge is -2.23. The lowest BCUT2D eigenvalue weighted by Crippen LogP contribution is -2.23. The Hall–Kier alpha value is -2.76. The molecule has 3 rings (SSSR count). The molecule has 0 aliphatic carbocycles. The number of aromatic hydroxyl groups is 1. The number of carbonyl (C=O) groups is 1. The second-order valence-electron chi connectivity index (χ2n) is 5.99. The summed E-state index contributed by atoms with van der Waals surface area (Å²) in [6, 6.07) is 4.79. The summed E-state index contributed by atoms with van der Waals surface area (Å²) in [5, 5.41) is 9.89. The number of benzene rings is 1. The number of carbonyl (C=O) groups excluding carboxylic acids is 1. The van der Waals surface area contributed by atoms with Crippen LogP contribution in [-0.4, -0.2) is 29.4 Å². The van der Waals surface area contributed by atoms with E-state index in [1.54, 1.807) is 19.1 Å². The number of pyridine rings is 1. The van der Waals surface area contributed by atoms with Crippen molar-refractivity contribution in [2.75, 3.05) is 13.7 Å². The first-order valence-corrected chi connectivity index (χ1v) is 9.78. The van der Waals surface area contributed by atoms with Gasteiger partial charge < -0.3 is 19.1 Å². The number of methoxy groups -OCH3 is 1. The van der Waals surface area contributed by atoms with Gasteiger partial charge in [0, 0.05) is 24.4 Å². The van der Waals surface area contributed by atoms with Gasteiger partial charge in [0.2, 0.25) is 0 Å². The van der Waals surface area contributed by atoms with Crippen LogP contribution in [0.2, 0.25) is 0 Å². The van der Waals surface area contributed by atoms with Crippen LogP contribution >= 0.6 is 0 Å². The molecule has 28 heavy (non-hydrogen) atoms. The molecule has 0 saturated carbocycles. The Labute approximate surface area is 166 Å². The molecule has 0 bridgehead atoms. The third-order valence-electron chi connectivity index (χ3n) is 3.93. The number of ether oxygens (including phenoxy) is 2. The maximum atomic E-state index is 12.2. The molecule has 154 valence electrons. The van der Waals surface area contributed by atoms with Crippen LogP contribution in [0.5, 0.6) is 11.5 Å². The van der Waals surface area contributed by atoms with Crippen molar-refractivity contribution in [1.29, 1.82) is 0 Å². The van der Waals surface area contributed by atoms with Crippen LogP contribution in [0.25, 0.3) is 11.3 Å². The van der Waals surface area contributed by atoms with Crippen molar-refractivity contribution in [3.05, 3.63) is 45.7 Å². The van der Waals surface area contributed by atoms with Crippen molar-refractivity contribution in [2.24, 2.45) is 0 Å². The van der Waals surface area contributed by atoms with Crippen LogP contribution in [0.15, 0.2) is 29.2 Å². The highest BCUT2D eigenvalue weighted by atomic mass is 16.5. The van der Waals surface area contributed by atoms with Crippen molar-refractivity contribution < 1.29 is 19.4 Å². The maximum Gasteiger partial charge on any atom is 0.343 e. The van der Waals surface area contributed by atoms with E-state index in [0.717, 1.165) is 11.1 Å². The number of phenols is 1. The summed E-state index contributed by atoms with van der Waals surface area (Å²) in [5.74, 6) is -0.189. The van der Waals surface area contributed by atoms with Gasteiger partial charge in [-0.05, 0) is 31.0 Å². The predicted molar refractivity (Wildman–Crippen MR) is 111 cm³/mol. The molecule has 6 heteroatoms. The average Bonchev–Trinajstić information content (AvgIpc) is 2.69. The quantitative estimate of drug-likeness (QED) is 0.787. The molecule has 0 radical (unpaired) electrons. The Bertz CT molecular complexity index is 855. The Balaban J connectivity index is 0.000000717. The van der Waals surface area contributed by atoms with Crippen molar-refractivity contribution in [2.45, 2.75) is 54.0 Å². The highest BCUT2D eigenvalue weighted by molar-refractivity contribution is 5.89. The van der Waals surface area contributed by atoms with E-state index in [0.29, 0.717) is 24.4 Å². The van der Waals surface area contributed by atoms with Gasteiger partial charge in [0.1, 0.15) is 5.56 Å². The Morgan fingerprint density at radius 2 is 1.82 bits per heavy atom. The van der Waals surface area contributed by atoms with Crippen LogP contribution in [0.1, 0.15) is 57.0 Å². The van der Waals surface area contributed by atoms with Crippen LogP contribution in [0.4, 0.5) is 0 Å². The highest BCUT2D eigenvalue weighted by Gasteiger charge is 2.22. The van der Waals surface area contributed by atoms with E-state index in [1.807, 2.05) is 18.4 Å². The minimum atomic E-state index is -0.609. The fourth-order valence-corrected chi connectivity index (χ4v) is 2.81. The zero-order valence-electron chi connectivity index (χ0n) is 17.7. The fourth-order valence-electron chi connectivity index (χ4n) is 2.81. The van der Waals surface area contributed by atoms with E-state index in [1.165, 1.54) is 25.8 Å². The molecule has 1 aliphatic rings. The summed E-state index contributed by atoms with van der Waals surface area (Å²) in [7, 11) is 1.47. The number of esters is 1. The largest absolute Gasteiger partial charge is 0.504 e. The van der Waals surface area contributed by atoms with E-state index in [4.69, 9.17) is 9.47 Å². The summed E-state index contributed by atoms with van der Waals surface area (Å²) < 4.78 is 11.9. The van der Waals surface area contributed by atoms with E-state index < -0.39 is 5.97 Å². The van der Waals surface area contributed by atoms with E-state index >= 15 is 0 Å². The number of aryl methyl sites for hydroxylation is 2. The topological polar surface area (TPSA) is 77.8 Å². The van der Waals surface area contributed by atoms with Gasteiger partial charge in [-0.25, -0.2) is 4.79 Å². The molecule has 0 unspecified atom stereocenters. The summed E-state index contributed by atoms with van der Waals surface area (Å²) in [5.41, 5.74) is 2.10. The van der Waals surface area contributed by atoms with Gasteiger partial charge in [-0.2, -0.15) is 0 Å². The SMILES string of the molecule is CC.CCC.CCOC(=O)c1cn2c(cc1=O)-c1cc(OC)c(O)cc1CC2. The fraction of sp³-hybridized carbons (Fsp3) is 0.455. The second kappa shape index (κ2) is 11.2. The maximum absolute atomic E-state index is 12.2. The van der Waals surface area contributed by atoms with E-state index in [9.17, 15) is 14.7 Å². The molecular weight excluding hydrogens is 358 g/mol. The molecule has 1 N–H and O–H groups in total. The Morgan fingerprint density at radius 3 is 2.39 bits per heavy atom. The van der Waals surface area contributed by atoms with Gasteiger partial charge in [-0.3, -0.25) is 4.79 Å². The number of fused-ring (bicyclic) bond motifs is 3. The summed E-state index contributed by atoms with van der Waals surface area (Å²) in [4.78, 5) is 24.1. The monoisotopic (exact) mass is 389 g/mol. The summed E-state index contributed by atoms with van der Waals surface area (Å²) >= 11 is 0. The molecule has 0 atom stereocenters. The third-order valence-corrected chi connectivity index (χ3v) is 3.93. The van der Waals surface area contributed by atoms with Gasteiger partial charge in [0.15, 0.2) is 16.9 Å². The molecule has 0 amide bonds. The number of aromatic nitrogens is 1. The predicted octanol–water partition coefficient (Wildman–Crippen LogP) is 4.40. The molecule has 2 aromatic rings. The van der Waals surface area contributed by atoms with Crippen LogP contribution in [0, 0.1) is 0 Å². The van der Waals surface area contributed by atoms with Gasteiger partial charge in [-0.1, -0.05) is 34.1 Å². The molecule has 0 spiro atoms. The number of rotatable bonds is 3. The first kappa shape index (κ1) is 23.3. The third kappa shape index (κ3) is 5.15. The van der Waals surface area contributed by atoms with Gasteiger partial charge >= 0.3 is 5.97 Å². The van der Waals surface area contributed by atoms with Crippen molar-refractivity contribution in [1.82, 2.24) is 4.57 Å². The van der Waals surface area contributed by atoms with Crippen LogP contribution in [-0.2, 0) is 17.7 Å². The molecule has 0 fully saturated rings. The molecular formula is C22H31NO5. The lowest BCUT2D eigenvalue weighted by molar-refractivity contribution is 0.0524. The smallest absolute Gasteiger partial charge is 0.343 e. The van der Waals surface area contributed by atoms with Crippen LogP contribution in [0.3, 0.4) is 0 Å². The number of hydrogen-bond donors (Lipinski definition) is 1. The summed E-state index contributed by atoms with van der Waals surface area (Å²) in [6.07, 6.45) is 3.48. The van der Waals surface area contributed by atoms with Gasteiger partial charge in [-0.15, -0.1) is 0 Å². The highest BCUT2D eigenvalue weighted by Crippen LogP contribution is 2.37. The van der Waals surface area contributed by atoms with Gasteiger partial charge in [0.25, 0.3) is 0 Å². The zero-order chi connectivity index (χ0) is 21.3. The summed E-state index contributed by atoms with van der Waals surface area (Å²) in [6.45, 7) is 10.8. The number of hydrogen-bond acceptors (Lipinski definition) is 5. The van der Waals surface area contributed by atoms with Crippen molar-refractivity contribution in [3.63, 3.8) is 0 Å². The van der Waals surface area contributed by atoms with Crippen LogP contribution < -0.4 is 10.2 Å². The molecule has 1 aromatic heterocycles. The molecule has 6 nitrogen and oxygen atoms in total. The first-order chi connectivity index (χ1) is 13.5. The zero-order valence-corrected chi connectivity index (χ0v) is 17.7. The normalized spacial score (nSPS) is 10.9. The Kier molecular flexibility index (Phi) is 9.28. The average molecular weight is 389 g/mol. The molecule has 1 aliphatic heterocycles. The minimum absolute atomic E-state index is 0.0322. The second-order valence-corrected chi connectivity index (χ2v) is 5.99. The van der Waals surface area contributed by atoms with E-state index in [2.05, 4.69) is 13.8 Å². The number of phenolic OH excluding ortho intramolecular Hbond substituents is 1. The number of nitrogens with zero attached hydrogens (tertiary/aromatic N) is 1. The van der Waals surface area contributed by atoms with Gasteiger partial charge in [0.05, 0.1) is 19.4 Å². The van der Waals surface area contributed by atoms with Crippen molar-refractivity contribution >= 4 is 5.97 Å².